The van der Waals surface area contributed by atoms with Crippen molar-refractivity contribution in [3.8, 4) is 0 Å². The molecule has 6 nitrogen and oxygen atoms in total. The number of hydrogen-bond acceptors (Lipinski definition) is 5. The molecule has 5 rings (SSSR count). The Balaban J connectivity index is 1.26. The third kappa shape index (κ3) is 4.64. The number of sulfonamides is 1. The number of piperidine rings is 1. The Morgan fingerprint density at radius 2 is 1.55 bits per heavy atom. The van der Waals surface area contributed by atoms with Crippen LogP contribution in [0.1, 0.15) is 17.9 Å². The monoisotopic (exact) mass is 476 g/mol. The average Bonchev–Trinajstić information content (AvgIpc) is 3.11. The molecular weight excluding hydrogens is 446 g/mol. The second kappa shape index (κ2) is 8.94. The quantitative estimate of drug-likeness (QED) is 0.664. The van der Waals surface area contributed by atoms with E-state index in [9.17, 15) is 17.2 Å². The van der Waals surface area contributed by atoms with Crippen LogP contribution in [0.25, 0.3) is 0 Å². The molecule has 0 N–H and O–H groups in total. The molecule has 0 spiro atoms. The molecule has 9 heteroatoms. The summed E-state index contributed by atoms with van der Waals surface area (Å²) in [5, 5.41) is 0. The molecule has 2 fully saturated rings. The van der Waals surface area contributed by atoms with Crippen molar-refractivity contribution in [3.63, 3.8) is 0 Å². The lowest BCUT2D eigenvalue weighted by Crippen LogP contribution is -2.51. The van der Waals surface area contributed by atoms with Gasteiger partial charge in [-0.05, 0) is 54.4 Å². The number of likely N-dealkylation sites (tertiary alicyclic amines) is 1. The second-order valence-corrected chi connectivity index (χ2v) is 11.3. The van der Waals surface area contributed by atoms with Crippen LogP contribution in [0.2, 0.25) is 0 Å². The van der Waals surface area contributed by atoms with Crippen LogP contribution >= 0.6 is 0 Å². The maximum Gasteiger partial charge on any atom is 0.211 e. The second-order valence-electron chi connectivity index (χ2n) is 9.32. The van der Waals surface area contributed by atoms with Gasteiger partial charge < -0.3 is 9.80 Å². The fraction of sp³-hybridized carbons (Fsp3) is 0.500. The zero-order valence-corrected chi connectivity index (χ0v) is 19.6. The first-order valence-electron chi connectivity index (χ1n) is 11.5. The first-order valence-corrected chi connectivity index (χ1v) is 13.4. The summed E-state index contributed by atoms with van der Waals surface area (Å²) in [5.74, 6) is -0.299. The number of anilines is 2. The third-order valence-electron chi connectivity index (χ3n) is 7.28. The van der Waals surface area contributed by atoms with Gasteiger partial charge in [0.2, 0.25) is 10.0 Å². The minimum absolute atomic E-state index is 0.191. The Hall–Kier alpha value is -2.07. The van der Waals surface area contributed by atoms with E-state index < -0.39 is 10.0 Å². The lowest BCUT2D eigenvalue weighted by atomic mass is 9.89. The molecule has 0 aliphatic carbocycles. The fourth-order valence-corrected chi connectivity index (χ4v) is 6.37. The van der Waals surface area contributed by atoms with Crippen molar-refractivity contribution >= 4 is 21.4 Å². The van der Waals surface area contributed by atoms with E-state index in [1.807, 2.05) is 6.07 Å². The zero-order chi connectivity index (χ0) is 23.2. The molecule has 0 unspecified atom stereocenters. The molecule has 3 aliphatic heterocycles. The molecule has 2 atom stereocenters. The number of hydrogen-bond donors (Lipinski definition) is 0. The van der Waals surface area contributed by atoms with Crippen LogP contribution in [0.4, 0.5) is 20.2 Å². The van der Waals surface area contributed by atoms with E-state index in [4.69, 9.17) is 0 Å². The third-order valence-corrected chi connectivity index (χ3v) is 8.58. The van der Waals surface area contributed by atoms with Crippen molar-refractivity contribution in [2.45, 2.75) is 18.4 Å². The van der Waals surface area contributed by atoms with E-state index in [-0.39, 0.29) is 23.6 Å². The highest BCUT2D eigenvalue weighted by Gasteiger charge is 2.42. The number of fused-ring (bicyclic) bond motifs is 3. The van der Waals surface area contributed by atoms with E-state index in [0.717, 1.165) is 62.6 Å². The summed E-state index contributed by atoms with van der Waals surface area (Å²) < 4.78 is 52.7. The van der Waals surface area contributed by atoms with Gasteiger partial charge in [0, 0.05) is 75.7 Å². The van der Waals surface area contributed by atoms with E-state index in [1.165, 1.54) is 24.5 Å². The van der Waals surface area contributed by atoms with Crippen molar-refractivity contribution < 1.29 is 17.2 Å². The van der Waals surface area contributed by atoms with Gasteiger partial charge in [0.1, 0.15) is 11.6 Å². The van der Waals surface area contributed by atoms with Crippen LogP contribution < -0.4 is 4.90 Å². The largest absolute Gasteiger partial charge is 0.337 e. The van der Waals surface area contributed by atoms with Crippen molar-refractivity contribution in [1.29, 1.82) is 0 Å². The van der Waals surface area contributed by atoms with Crippen molar-refractivity contribution in [1.82, 2.24) is 14.1 Å². The summed E-state index contributed by atoms with van der Waals surface area (Å²) in [5.41, 5.74) is 2.97. The van der Waals surface area contributed by atoms with E-state index >= 15 is 0 Å². The molecule has 3 heterocycles. The van der Waals surface area contributed by atoms with E-state index in [0.29, 0.717) is 13.1 Å². The molecule has 2 aromatic carbocycles. The molecule has 0 amide bonds. The molecule has 2 saturated heterocycles. The number of rotatable bonds is 5. The predicted octanol–water partition coefficient (Wildman–Crippen LogP) is 2.85. The molecule has 0 bridgehead atoms. The summed E-state index contributed by atoms with van der Waals surface area (Å²) in [6, 6.07) is 11.8. The number of piperazine rings is 1. The van der Waals surface area contributed by atoms with Crippen LogP contribution in [-0.4, -0.2) is 87.2 Å². The summed E-state index contributed by atoms with van der Waals surface area (Å²) in [7, 11) is -3.12. The molecule has 0 saturated carbocycles. The zero-order valence-electron chi connectivity index (χ0n) is 18.8. The van der Waals surface area contributed by atoms with E-state index in [2.05, 4.69) is 14.7 Å². The standard InChI is InChI=1S/C24H30F2N4O2S/c1-33(31,32)29-14-12-27(13-15-29)10-11-28-9-8-24-22(17-28)21-16-19(26)4-7-23(21)30(24)20-5-2-18(25)3-6-20/h2-7,16,22,24H,8-15,17H2,1H3/t22-,24+/m0/s1. The van der Waals surface area contributed by atoms with Gasteiger partial charge >= 0.3 is 0 Å². The highest BCUT2D eigenvalue weighted by Crippen LogP contribution is 2.48. The van der Waals surface area contributed by atoms with Crippen LogP contribution in [0.3, 0.4) is 0 Å². The number of benzene rings is 2. The highest BCUT2D eigenvalue weighted by molar-refractivity contribution is 7.88. The van der Waals surface area contributed by atoms with Crippen LogP contribution in [0.5, 0.6) is 0 Å². The van der Waals surface area contributed by atoms with E-state index in [1.54, 1.807) is 22.5 Å². The van der Waals surface area contributed by atoms with Crippen molar-refractivity contribution in [3.05, 3.63) is 59.7 Å². The minimum Gasteiger partial charge on any atom is -0.337 e. The van der Waals surface area contributed by atoms with Crippen LogP contribution in [-0.2, 0) is 10.0 Å². The Labute approximate surface area is 194 Å². The Morgan fingerprint density at radius 1 is 0.879 bits per heavy atom. The highest BCUT2D eigenvalue weighted by atomic mass is 32.2. The normalized spacial score (nSPS) is 24.6. The first kappa shape index (κ1) is 22.7. The summed E-state index contributed by atoms with van der Waals surface area (Å²) in [4.78, 5) is 7.01. The van der Waals surface area contributed by atoms with Gasteiger partial charge in [-0.2, -0.15) is 4.31 Å². The van der Waals surface area contributed by atoms with Gasteiger partial charge in [0.05, 0.1) is 6.26 Å². The fourth-order valence-electron chi connectivity index (χ4n) is 5.55. The average molecular weight is 477 g/mol. The lowest BCUT2D eigenvalue weighted by molar-refractivity contribution is 0.139. The first-order chi connectivity index (χ1) is 15.8. The maximum absolute atomic E-state index is 14.2. The molecule has 2 aromatic rings. The van der Waals surface area contributed by atoms with Gasteiger partial charge in [0.25, 0.3) is 0 Å². The van der Waals surface area contributed by atoms with Crippen LogP contribution in [0, 0.1) is 11.6 Å². The SMILES string of the molecule is CS(=O)(=O)N1CCN(CCN2CC[C@@H]3[C@@H](C2)c2cc(F)ccc2N3c2ccc(F)cc2)CC1. The summed E-state index contributed by atoms with van der Waals surface area (Å²) in [6.45, 7) is 6.18. The number of nitrogens with zero attached hydrogens (tertiary/aromatic N) is 4. The van der Waals surface area contributed by atoms with Gasteiger partial charge in [-0.3, -0.25) is 4.90 Å². The molecule has 178 valence electrons. The molecule has 0 aromatic heterocycles. The van der Waals surface area contributed by atoms with Gasteiger partial charge in [-0.1, -0.05) is 0 Å². The minimum atomic E-state index is -3.12. The molecule has 0 radical (unpaired) electrons. The maximum atomic E-state index is 14.2. The Morgan fingerprint density at radius 3 is 2.24 bits per heavy atom. The van der Waals surface area contributed by atoms with Gasteiger partial charge in [-0.15, -0.1) is 0 Å². The molecule has 3 aliphatic rings. The molecule has 33 heavy (non-hydrogen) atoms. The van der Waals surface area contributed by atoms with Crippen molar-refractivity contribution in [2.75, 3.05) is 63.5 Å². The summed E-state index contributed by atoms with van der Waals surface area (Å²) >= 11 is 0. The Kier molecular flexibility index (Phi) is 6.15. The smallest absolute Gasteiger partial charge is 0.211 e. The summed E-state index contributed by atoms with van der Waals surface area (Å²) in [6.07, 6.45) is 2.21. The predicted molar refractivity (Wildman–Crippen MR) is 125 cm³/mol. The van der Waals surface area contributed by atoms with Crippen molar-refractivity contribution in [2.24, 2.45) is 0 Å². The number of halogens is 2. The van der Waals surface area contributed by atoms with Gasteiger partial charge in [0.15, 0.2) is 0 Å². The Bertz CT molecular complexity index is 1100. The lowest BCUT2D eigenvalue weighted by Gasteiger charge is -2.40. The van der Waals surface area contributed by atoms with Gasteiger partial charge in [-0.25, -0.2) is 17.2 Å². The van der Waals surface area contributed by atoms with Crippen LogP contribution in [0.15, 0.2) is 42.5 Å². The topological polar surface area (TPSA) is 47.1 Å². The molecular formula is C24H30F2N4O2S.